The third-order valence-corrected chi connectivity index (χ3v) is 3.37. The molecule has 0 spiro atoms. The SMILES string of the molecule is CN(C)c1cccc(C(Cc2ccccc2F)NN)c1. The van der Waals surface area contributed by atoms with Crippen molar-refractivity contribution in [1.82, 2.24) is 5.43 Å². The summed E-state index contributed by atoms with van der Waals surface area (Å²) >= 11 is 0. The smallest absolute Gasteiger partial charge is 0.126 e. The zero-order valence-electron chi connectivity index (χ0n) is 11.8. The second kappa shape index (κ2) is 6.50. The van der Waals surface area contributed by atoms with Crippen LogP contribution in [0, 0.1) is 5.82 Å². The van der Waals surface area contributed by atoms with Crippen LogP contribution in [0.15, 0.2) is 48.5 Å². The van der Waals surface area contributed by atoms with Gasteiger partial charge in [0, 0.05) is 19.8 Å². The lowest BCUT2D eigenvalue weighted by atomic mass is 9.98. The highest BCUT2D eigenvalue weighted by atomic mass is 19.1. The maximum absolute atomic E-state index is 13.7. The van der Waals surface area contributed by atoms with E-state index in [1.807, 2.05) is 43.3 Å². The van der Waals surface area contributed by atoms with Crippen LogP contribution >= 0.6 is 0 Å². The van der Waals surface area contributed by atoms with E-state index in [-0.39, 0.29) is 11.9 Å². The minimum absolute atomic E-state index is 0.119. The molecule has 106 valence electrons. The average molecular weight is 273 g/mol. The fourth-order valence-corrected chi connectivity index (χ4v) is 2.18. The predicted molar refractivity (Wildman–Crippen MR) is 80.9 cm³/mol. The molecule has 0 bridgehead atoms. The Morgan fingerprint density at radius 3 is 2.55 bits per heavy atom. The zero-order valence-corrected chi connectivity index (χ0v) is 11.8. The van der Waals surface area contributed by atoms with Gasteiger partial charge in [0.05, 0.1) is 6.04 Å². The lowest BCUT2D eigenvalue weighted by Gasteiger charge is -2.20. The molecule has 2 rings (SSSR count). The quantitative estimate of drug-likeness (QED) is 0.650. The monoisotopic (exact) mass is 273 g/mol. The summed E-state index contributed by atoms with van der Waals surface area (Å²) in [5, 5.41) is 0. The molecule has 1 atom stereocenters. The van der Waals surface area contributed by atoms with Gasteiger partial charge in [0.15, 0.2) is 0 Å². The number of hydrazine groups is 1. The molecular weight excluding hydrogens is 253 g/mol. The van der Waals surface area contributed by atoms with Crippen LogP contribution in [0.25, 0.3) is 0 Å². The van der Waals surface area contributed by atoms with Crippen molar-refractivity contribution < 1.29 is 4.39 Å². The predicted octanol–water partition coefficient (Wildman–Crippen LogP) is 2.64. The lowest BCUT2D eigenvalue weighted by Crippen LogP contribution is -2.30. The highest BCUT2D eigenvalue weighted by molar-refractivity contribution is 5.48. The minimum atomic E-state index is -0.198. The van der Waals surface area contributed by atoms with Gasteiger partial charge in [0.1, 0.15) is 5.82 Å². The van der Waals surface area contributed by atoms with Gasteiger partial charge in [-0.15, -0.1) is 0 Å². The molecule has 0 aliphatic heterocycles. The van der Waals surface area contributed by atoms with Crippen LogP contribution in [0.2, 0.25) is 0 Å². The highest BCUT2D eigenvalue weighted by Gasteiger charge is 2.13. The first-order valence-corrected chi connectivity index (χ1v) is 6.58. The first kappa shape index (κ1) is 14.5. The Morgan fingerprint density at radius 1 is 1.15 bits per heavy atom. The summed E-state index contributed by atoms with van der Waals surface area (Å²) in [5.41, 5.74) is 5.57. The number of halogens is 1. The van der Waals surface area contributed by atoms with Gasteiger partial charge in [-0.25, -0.2) is 4.39 Å². The molecule has 0 radical (unpaired) electrons. The number of nitrogens with zero attached hydrogens (tertiary/aromatic N) is 1. The van der Waals surface area contributed by atoms with Crippen LogP contribution in [0.1, 0.15) is 17.2 Å². The van der Waals surface area contributed by atoms with Crippen LogP contribution in [-0.4, -0.2) is 14.1 Å². The van der Waals surface area contributed by atoms with E-state index in [0.29, 0.717) is 12.0 Å². The molecule has 0 saturated heterocycles. The second-order valence-corrected chi connectivity index (χ2v) is 5.00. The highest BCUT2D eigenvalue weighted by Crippen LogP contribution is 2.23. The normalized spacial score (nSPS) is 12.2. The minimum Gasteiger partial charge on any atom is -0.378 e. The molecule has 2 aromatic rings. The summed E-state index contributed by atoms with van der Waals surface area (Å²) in [5.74, 6) is 5.45. The summed E-state index contributed by atoms with van der Waals surface area (Å²) in [6.45, 7) is 0. The van der Waals surface area contributed by atoms with Gasteiger partial charge in [-0.05, 0) is 35.7 Å². The summed E-state index contributed by atoms with van der Waals surface area (Å²) in [6.07, 6.45) is 0.514. The van der Waals surface area contributed by atoms with E-state index in [9.17, 15) is 4.39 Å². The molecule has 0 aromatic heterocycles. The van der Waals surface area contributed by atoms with Crippen LogP contribution in [0.3, 0.4) is 0 Å². The first-order chi connectivity index (χ1) is 9.61. The van der Waals surface area contributed by atoms with E-state index in [4.69, 9.17) is 5.84 Å². The summed E-state index contributed by atoms with van der Waals surface area (Å²) < 4.78 is 13.7. The molecule has 0 saturated carbocycles. The number of nitrogens with two attached hydrogens (primary N) is 1. The van der Waals surface area contributed by atoms with Crippen molar-refractivity contribution in [3.05, 3.63) is 65.5 Å². The van der Waals surface area contributed by atoms with Gasteiger partial charge in [0.25, 0.3) is 0 Å². The van der Waals surface area contributed by atoms with Gasteiger partial charge >= 0.3 is 0 Å². The van der Waals surface area contributed by atoms with Crippen LogP contribution in [-0.2, 0) is 6.42 Å². The van der Waals surface area contributed by atoms with E-state index in [0.717, 1.165) is 11.3 Å². The van der Waals surface area contributed by atoms with Gasteiger partial charge in [-0.3, -0.25) is 11.3 Å². The van der Waals surface area contributed by atoms with Crippen molar-refractivity contribution in [2.75, 3.05) is 19.0 Å². The Hall–Kier alpha value is -1.91. The second-order valence-electron chi connectivity index (χ2n) is 5.00. The molecule has 3 N–H and O–H groups in total. The van der Waals surface area contributed by atoms with E-state index < -0.39 is 0 Å². The maximum Gasteiger partial charge on any atom is 0.126 e. The van der Waals surface area contributed by atoms with Crippen molar-refractivity contribution in [2.24, 2.45) is 5.84 Å². The van der Waals surface area contributed by atoms with E-state index in [2.05, 4.69) is 11.5 Å². The fraction of sp³-hybridized carbons (Fsp3) is 0.250. The summed E-state index contributed by atoms with van der Waals surface area (Å²) in [4.78, 5) is 2.03. The van der Waals surface area contributed by atoms with Crippen molar-refractivity contribution >= 4 is 5.69 Å². The molecule has 1 unspecified atom stereocenters. The van der Waals surface area contributed by atoms with E-state index in [1.165, 1.54) is 6.07 Å². The Balaban J connectivity index is 2.24. The van der Waals surface area contributed by atoms with Gasteiger partial charge < -0.3 is 4.90 Å². The van der Waals surface area contributed by atoms with Crippen molar-refractivity contribution in [1.29, 1.82) is 0 Å². The van der Waals surface area contributed by atoms with Crippen LogP contribution in [0.5, 0.6) is 0 Å². The molecule has 0 aliphatic rings. The Labute approximate surface area is 119 Å². The molecule has 2 aromatic carbocycles. The summed E-state index contributed by atoms with van der Waals surface area (Å²) in [6, 6.07) is 14.7. The molecule has 0 heterocycles. The standard InChI is InChI=1S/C16H20FN3/c1-20(2)14-8-5-7-13(10-14)16(19-18)11-12-6-3-4-9-15(12)17/h3-10,16,19H,11,18H2,1-2H3. The Bertz CT molecular complexity index is 569. The number of rotatable bonds is 5. The van der Waals surface area contributed by atoms with Crippen molar-refractivity contribution in [2.45, 2.75) is 12.5 Å². The largest absolute Gasteiger partial charge is 0.378 e. The Kier molecular flexibility index (Phi) is 4.71. The van der Waals surface area contributed by atoms with Crippen molar-refractivity contribution in [3.63, 3.8) is 0 Å². The first-order valence-electron chi connectivity index (χ1n) is 6.58. The number of hydrogen-bond donors (Lipinski definition) is 2. The van der Waals surface area contributed by atoms with Gasteiger partial charge in [-0.2, -0.15) is 0 Å². The molecule has 0 amide bonds. The molecular formula is C16H20FN3. The van der Waals surface area contributed by atoms with Crippen LogP contribution < -0.4 is 16.2 Å². The number of anilines is 1. The van der Waals surface area contributed by atoms with Crippen LogP contribution in [0.4, 0.5) is 10.1 Å². The lowest BCUT2D eigenvalue weighted by molar-refractivity contribution is 0.529. The van der Waals surface area contributed by atoms with Crippen molar-refractivity contribution in [3.8, 4) is 0 Å². The maximum atomic E-state index is 13.7. The number of benzene rings is 2. The number of hydrogen-bond acceptors (Lipinski definition) is 3. The molecule has 4 heteroatoms. The molecule has 20 heavy (non-hydrogen) atoms. The van der Waals surface area contributed by atoms with E-state index in [1.54, 1.807) is 12.1 Å². The van der Waals surface area contributed by atoms with Gasteiger partial charge in [0.2, 0.25) is 0 Å². The molecule has 3 nitrogen and oxygen atoms in total. The van der Waals surface area contributed by atoms with E-state index >= 15 is 0 Å². The third kappa shape index (κ3) is 3.35. The topological polar surface area (TPSA) is 41.3 Å². The van der Waals surface area contributed by atoms with Gasteiger partial charge in [-0.1, -0.05) is 30.3 Å². The fourth-order valence-electron chi connectivity index (χ4n) is 2.18. The number of nitrogens with one attached hydrogen (secondary N) is 1. The average Bonchev–Trinajstić information content (AvgIpc) is 2.46. The summed E-state index contributed by atoms with van der Waals surface area (Å²) in [7, 11) is 3.97. The molecule has 0 fully saturated rings. The third-order valence-electron chi connectivity index (χ3n) is 3.37. The zero-order chi connectivity index (χ0) is 14.5. The molecule has 0 aliphatic carbocycles. The Morgan fingerprint density at radius 2 is 1.90 bits per heavy atom.